The van der Waals surface area contributed by atoms with Gasteiger partial charge in [-0.15, -0.1) is 0 Å². The third-order valence-electron chi connectivity index (χ3n) is 5.63. The van der Waals surface area contributed by atoms with Crippen LogP contribution in [0.25, 0.3) is 0 Å². The van der Waals surface area contributed by atoms with Crippen LogP contribution in [0.2, 0.25) is 0 Å². The van der Waals surface area contributed by atoms with Crippen LogP contribution in [0, 0.1) is 13.8 Å². The first kappa shape index (κ1) is 18.6. The lowest BCUT2D eigenvalue weighted by molar-refractivity contribution is -0.116. The highest BCUT2D eigenvalue weighted by Gasteiger charge is 2.30. The van der Waals surface area contributed by atoms with Crippen molar-refractivity contribution in [1.29, 1.82) is 0 Å². The maximum absolute atomic E-state index is 13.0. The fourth-order valence-electron chi connectivity index (χ4n) is 4.08. The lowest BCUT2D eigenvalue weighted by Gasteiger charge is -2.22. The normalized spacial score (nSPS) is 21.7. The molecule has 1 saturated heterocycles. The molecule has 1 fully saturated rings. The Morgan fingerprint density at radius 3 is 2.93 bits per heavy atom. The van der Waals surface area contributed by atoms with Crippen LogP contribution < -0.4 is 4.90 Å². The van der Waals surface area contributed by atoms with Gasteiger partial charge in [-0.05, 0) is 51.7 Å². The van der Waals surface area contributed by atoms with E-state index in [1.807, 2.05) is 30.0 Å². The minimum Gasteiger partial charge on any atom is -0.376 e. The Kier molecular flexibility index (Phi) is 5.28. The molecule has 2 aromatic rings. The summed E-state index contributed by atoms with van der Waals surface area (Å²) >= 11 is 1.54. The smallest absolute Gasteiger partial charge is 0.237 e. The predicted octanol–water partition coefficient (Wildman–Crippen LogP) is 3.75. The van der Waals surface area contributed by atoms with E-state index < -0.39 is 0 Å². The van der Waals surface area contributed by atoms with Gasteiger partial charge in [0.1, 0.15) is 0 Å². The van der Waals surface area contributed by atoms with Crippen molar-refractivity contribution >= 4 is 23.4 Å². The van der Waals surface area contributed by atoms with Gasteiger partial charge in [0.25, 0.3) is 0 Å². The van der Waals surface area contributed by atoms with Crippen LogP contribution in [0.3, 0.4) is 0 Å². The molecule has 0 unspecified atom stereocenters. The molecular weight excluding hydrogens is 358 g/mol. The number of carbonyl (C=O) groups excluding carboxylic acids is 1. The van der Waals surface area contributed by atoms with Crippen LogP contribution in [0.5, 0.6) is 0 Å². The highest BCUT2D eigenvalue weighted by Crippen LogP contribution is 2.33. The average molecular weight is 386 g/mol. The van der Waals surface area contributed by atoms with E-state index in [2.05, 4.69) is 24.5 Å². The van der Waals surface area contributed by atoms with Crippen molar-refractivity contribution in [2.24, 2.45) is 0 Å². The molecule has 5 nitrogen and oxygen atoms in total. The number of amides is 1. The predicted molar refractivity (Wildman–Crippen MR) is 108 cm³/mol. The van der Waals surface area contributed by atoms with Crippen LogP contribution >= 0.6 is 11.8 Å². The van der Waals surface area contributed by atoms with Gasteiger partial charge in [0, 0.05) is 24.0 Å². The van der Waals surface area contributed by atoms with Crippen molar-refractivity contribution in [2.45, 2.75) is 63.9 Å². The Labute approximate surface area is 165 Å². The molecule has 2 aliphatic heterocycles. The number of benzene rings is 1. The summed E-state index contributed by atoms with van der Waals surface area (Å²) in [6.45, 7) is 7.93. The van der Waals surface area contributed by atoms with Crippen molar-refractivity contribution in [3.8, 4) is 0 Å². The molecule has 1 aromatic carbocycles. The lowest BCUT2D eigenvalue weighted by Crippen LogP contribution is -2.37. The molecule has 0 aliphatic carbocycles. The number of aryl methyl sites for hydroxylation is 1. The molecule has 27 heavy (non-hydrogen) atoms. The average Bonchev–Trinajstić information content (AvgIpc) is 3.34. The number of aromatic nitrogens is 2. The molecule has 6 heteroatoms. The Hall–Kier alpha value is -1.79. The number of hydrogen-bond acceptors (Lipinski definition) is 4. The van der Waals surface area contributed by atoms with Gasteiger partial charge < -0.3 is 14.2 Å². The van der Waals surface area contributed by atoms with E-state index in [4.69, 9.17) is 9.72 Å². The van der Waals surface area contributed by atoms with Gasteiger partial charge >= 0.3 is 0 Å². The van der Waals surface area contributed by atoms with Crippen LogP contribution in [-0.2, 0) is 22.5 Å². The Morgan fingerprint density at radius 2 is 2.15 bits per heavy atom. The highest BCUT2D eigenvalue weighted by molar-refractivity contribution is 7.99. The molecule has 2 atom stereocenters. The van der Waals surface area contributed by atoms with E-state index in [1.54, 1.807) is 11.8 Å². The molecule has 144 valence electrons. The maximum Gasteiger partial charge on any atom is 0.237 e. The second-order valence-corrected chi connectivity index (χ2v) is 8.49. The third kappa shape index (κ3) is 3.65. The molecule has 0 spiro atoms. The van der Waals surface area contributed by atoms with Crippen LogP contribution in [0.15, 0.2) is 29.4 Å². The van der Waals surface area contributed by atoms with Crippen LogP contribution in [0.1, 0.15) is 36.7 Å². The summed E-state index contributed by atoms with van der Waals surface area (Å²) in [5.74, 6) is 0.555. The fraction of sp³-hybridized carbons (Fsp3) is 0.524. The summed E-state index contributed by atoms with van der Waals surface area (Å²) in [6, 6.07) is 8.43. The van der Waals surface area contributed by atoms with Gasteiger partial charge in [-0.25, -0.2) is 4.98 Å². The topological polar surface area (TPSA) is 47.4 Å². The molecule has 0 saturated carbocycles. The molecule has 4 rings (SSSR count). The standard InChI is InChI=1S/C21H27N3O2S/c1-14-11-17-7-4-5-9-19(17)24(14)20(25)13-27-21-22-15(2)16(3)23(21)12-18-8-6-10-26-18/h4-5,7,9,14,18H,6,8,10-13H2,1-3H3/t14-,18-/m0/s1. The van der Waals surface area contributed by atoms with Gasteiger partial charge in [-0.1, -0.05) is 30.0 Å². The monoisotopic (exact) mass is 385 g/mol. The first-order valence-electron chi connectivity index (χ1n) is 9.72. The minimum atomic E-state index is 0.152. The summed E-state index contributed by atoms with van der Waals surface area (Å²) < 4.78 is 8.03. The fourth-order valence-corrected chi connectivity index (χ4v) is 5.04. The van der Waals surface area contributed by atoms with E-state index in [0.717, 1.165) is 49.0 Å². The van der Waals surface area contributed by atoms with E-state index in [9.17, 15) is 4.79 Å². The van der Waals surface area contributed by atoms with E-state index in [0.29, 0.717) is 5.75 Å². The largest absolute Gasteiger partial charge is 0.376 e. The zero-order chi connectivity index (χ0) is 19.0. The van der Waals surface area contributed by atoms with Crippen molar-refractivity contribution in [3.05, 3.63) is 41.2 Å². The number of thioether (sulfide) groups is 1. The second-order valence-electron chi connectivity index (χ2n) is 7.55. The molecular formula is C21H27N3O2S. The number of hydrogen-bond donors (Lipinski definition) is 0. The first-order valence-corrected chi connectivity index (χ1v) is 10.7. The zero-order valence-corrected chi connectivity index (χ0v) is 17.1. The zero-order valence-electron chi connectivity index (χ0n) is 16.3. The number of fused-ring (bicyclic) bond motifs is 1. The quantitative estimate of drug-likeness (QED) is 0.736. The summed E-state index contributed by atoms with van der Waals surface area (Å²) in [6.07, 6.45) is 3.42. The van der Waals surface area contributed by atoms with Gasteiger partial charge in [0.15, 0.2) is 5.16 Å². The number of carbonyl (C=O) groups is 1. The molecule has 1 aromatic heterocycles. The Balaban J connectivity index is 1.47. The van der Waals surface area contributed by atoms with Gasteiger partial charge in [-0.2, -0.15) is 0 Å². The van der Waals surface area contributed by atoms with Gasteiger partial charge in [-0.3, -0.25) is 4.79 Å². The second kappa shape index (κ2) is 7.68. The molecule has 3 heterocycles. The third-order valence-corrected chi connectivity index (χ3v) is 6.59. The number of ether oxygens (including phenoxy) is 1. The highest BCUT2D eigenvalue weighted by atomic mass is 32.2. The number of rotatable bonds is 5. The van der Waals surface area contributed by atoms with E-state index in [1.165, 1.54) is 11.3 Å². The minimum absolute atomic E-state index is 0.152. The summed E-state index contributed by atoms with van der Waals surface area (Å²) in [5, 5.41) is 0.925. The van der Waals surface area contributed by atoms with Crippen molar-refractivity contribution in [2.75, 3.05) is 17.3 Å². The maximum atomic E-state index is 13.0. The first-order chi connectivity index (χ1) is 13.0. The van der Waals surface area contributed by atoms with Crippen LogP contribution in [-0.4, -0.2) is 40.0 Å². The summed E-state index contributed by atoms with van der Waals surface area (Å²) in [7, 11) is 0. The van der Waals surface area contributed by atoms with E-state index >= 15 is 0 Å². The van der Waals surface area contributed by atoms with Crippen molar-refractivity contribution < 1.29 is 9.53 Å². The molecule has 0 radical (unpaired) electrons. The van der Waals surface area contributed by atoms with E-state index in [-0.39, 0.29) is 18.1 Å². The molecule has 0 bridgehead atoms. The summed E-state index contributed by atoms with van der Waals surface area (Å²) in [5.41, 5.74) is 4.52. The summed E-state index contributed by atoms with van der Waals surface area (Å²) in [4.78, 5) is 19.7. The molecule has 0 N–H and O–H groups in total. The Morgan fingerprint density at radius 1 is 1.33 bits per heavy atom. The lowest BCUT2D eigenvalue weighted by atomic mass is 10.1. The Bertz CT molecular complexity index is 842. The SMILES string of the molecule is Cc1nc(SCC(=O)N2c3ccccc3C[C@@H]2C)n(C[C@@H]2CCCO2)c1C. The van der Waals surface area contributed by atoms with Crippen LogP contribution in [0.4, 0.5) is 5.69 Å². The van der Waals surface area contributed by atoms with Gasteiger partial charge in [0.05, 0.1) is 24.1 Å². The van der Waals surface area contributed by atoms with Crippen molar-refractivity contribution in [1.82, 2.24) is 9.55 Å². The number of anilines is 1. The molecule has 2 aliphatic rings. The molecule has 1 amide bonds. The number of para-hydroxylation sites is 1. The number of nitrogens with zero attached hydrogens (tertiary/aromatic N) is 3. The number of imidazole rings is 1. The van der Waals surface area contributed by atoms with Crippen molar-refractivity contribution in [3.63, 3.8) is 0 Å². The van der Waals surface area contributed by atoms with Gasteiger partial charge in [0.2, 0.25) is 5.91 Å².